The zero-order valence-electron chi connectivity index (χ0n) is 20.6. The van der Waals surface area contributed by atoms with Crippen molar-refractivity contribution in [3.05, 3.63) is 23.7 Å². The monoisotopic (exact) mass is 477 g/mol. The van der Waals surface area contributed by atoms with E-state index in [9.17, 15) is 24.0 Å². The predicted molar refractivity (Wildman–Crippen MR) is 128 cm³/mol. The van der Waals surface area contributed by atoms with Crippen molar-refractivity contribution in [1.29, 1.82) is 0 Å². The molecule has 1 saturated carbocycles. The molecule has 1 aliphatic heterocycles. The second-order valence-electron chi connectivity index (χ2n) is 8.54. The van der Waals surface area contributed by atoms with Crippen molar-refractivity contribution in [2.45, 2.75) is 89.9 Å². The Morgan fingerprint density at radius 3 is 1.47 bits per heavy atom. The number of ketones is 4. The Morgan fingerprint density at radius 1 is 0.588 bits per heavy atom. The molecule has 0 aromatic carbocycles. The summed E-state index contributed by atoms with van der Waals surface area (Å²) in [7, 11) is 3.20. The molecule has 0 radical (unpaired) electrons. The fraction of sp³-hybridized carbons (Fsp3) is 0.654. The standard InChI is InChI=1S/2C7H10O2.C6H11NO.C6H8O2/c2*1-9-7-4-2-3-6(8)5-7;8-6-4-2-1-3-5-7-6;7-5-2-1-3-6(8)4-5/h2*5H,2-4H2,1H3;1-5H2,(H,7,8);1-4H2. The second-order valence-corrected chi connectivity index (χ2v) is 8.54. The van der Waals surface area contributed by atoms with Gasteiger partial charge in [-0.05, 0) is 32.1 Å². The highest BCUT2D eigenvalue weighted by Gasteiger charge is 2.14. The van der Waals surface area contributed by atoms with Crippen LogP contribution in [0.4, 0.5) is 0 Å². The molecule has 34 heavy (non-hydrogen) atoms. The summed E-state index contributed by atoms with van der Waals surface area (Å²) in [4.78, 5) is 52.8. The third kappa shape index (κ3) is 14.4. The number of nitrogens with one attached hydrogen (secondary N) is 1. The van der Waals surface area contributed by atoms with E-state index in [0.29, 0.717) is 25.7 Å². The van der Waals surface area contributed by atoms with Crippen LogP contribution in [-0.2, 0) is 33.4 Å². The molecule has 0 aromatic heterocycles. The van der Waals surface area contributed by atoms with E-state index in [4.69, 9.17) is 9.47 Å². The molecule has 4 aliphatic rings. The lowest BCUT2D eigenvalue weighted by Gasteiger charge is -2.08. The number of carbonyl (C=O) groups excluding carboxylic acids is 5. The summed E-state index contributed by atoms with van der Waals surface area (Å²) < 4.78 is 9.80. The fourth-order valence-electron chi connectivity index (χ4n) is 3.63. The van der Waals surface area contributed by atoms with Gasteiger partial charge in [0.15, 0.2) is 11.6 Å². The molecule has 1 N–H and O–H groups in total. The first-order valence-corrected chi connectivity index (χ1v) is 12.2. The van der Waals surface area contributed by atoms with E-state index in [1.165, 1.54) is 6.42 Å². The molecule has 2 fully saturated rings. The van der Waals surface area contributed by atoms with Gasteiger partial charge in [-0.1, -0.05) is 6.42 Å². The van der Waals surface area contributed by atoms with Gasteiger partial charge in [-0.3, -0.25) is 24.0 Å². The molecular formula is C26H39NO7. The Labute approximate surface area is 202 Å². The molecule has 1 amide bonds. The Morgan fingerprint density at radius 2 is 1.09 bits per heavy atom. The largest absolute Gasteiger partial charge is 0.501 e. The van der Waals surface area contributed by atoms with E-state index < -0.39 is 0 Å². The number of allylic oxidation sites excluding steroid dienone is 4. The van der Waals surface area contributed by atoms with E-state index in [0.717, 1.165) is 69.4 Å². The van der Waals surface area contributed by atoms with Crippen molar-refractivity contribution in [3.8, 4) is 0 Å². The van der Waals surface area contributed by atoms with Gasteiger partial charge in [0.05, 0.1) is 32.2 Å². The summed E-state index contributed by atoms with van der Waals surface area (Å²) in [6.45, 7) is 0.888. The predicted octanol–water partition coefficient (Wildman–Crippen LogP) is 3.91. The van der Waals surface area contributed by atoms with Crippen molar-refractivity contribution < 1.29 is 33.4 Å². The van der Waals surface area contributed by atoms with Crippen LogP contribution in [0, 0.1) is 0 Å². The van der Waals surface area contributed by atoms with Crippen molar-refractivity contribution in [3.63, 3.8) is 0 Å². The number of rotatable bonds is 2. The van der Waals surface area contributed by atoms with Crippen LogP contribution < -0.4 is 5.32 Å². The van der Waals surface area contributed by atoms with Crippen molar-refractivity contribution >= 4 is 29.0 Å². The van der Waals surface area contributed by atoms with Gasteiger partial charge in [0, 0.05) is 63.6 Å². The van der Waals surface area contributed by atoms with E-state index >= 15 is 0 Å². The van der Waals surface area contributed by atoms with Gasteiger partial charge in [-0.25, -0.2) is 0 Å². The van der Waals surface area contributed by atoms with Crippen LogP contribution >= 0.6 is 0 Å². The molecule has 1 heterocycles. The van der Waals surface area contributed by atoms with Crippen LogP contribution in [-0.4, -0.2) is 49.8 Å². The summed E-state index contributed by atoms with van der Waals surface area (Å²) >= 11 is 0. The third-order valence-corrected chi connectivity index (χ3v) is 5.57. The minimum absolute atomic E-state index is 0.112. The van der Waals surface area contributed by atoms with Crippen LogP contribution in [0.3, 0.4) is 0 Å². The Bertz CT molecular complexity index is 707. The molecule has 0 unspecified atom stereocenters. The Balaban J connectivity index is 0.000000227. The third-order valence-electron chi connectivity index (χ3n) is 5.57. The molecule has 0 spiro atoms. The maximum atomic E-state index is 10.7. The normalized spacial score (nSPS) is 20.4. The maximum absolute atomic E-state index is 10.7. The van der Waals surface area contributed by atoms with Gasteiger partial charge >= 0.3 is 0 Å². The lowest BCUT2D eigenvalue weighted by molar-refractivity contribution is -0.129. The molecule has 0 bridgehead atoms. The average molecular weight is 478 g/mol. The fourth-order valence-corrected chi connectivity index (χ4v) is 3.63. The SMILES string of the molecule is COC1=CC(=O)CCC1.COC1=CC(=O)CCC1.O=C1CCCC(=O)C1.O=C1CCCCCN1. The summed E-state index contributed by atoms with van der Waals surface area (Å²) in [5, 5.41) is 2.81. The number of hydrogen-bond donors (Lipinski definition) is 1. The van der Waals surface area contributed by atoms with E-state index in [1.54, 1.807) is 26.4 Å². The first kappa shape index (κ1) is 29.3. The van der Waals surface area contributed by atoms with Gasteiger partial charge in [0.25, 0.3) is 0 Å². The van der Waals surface area contributed by atoms with Gasteiger partial charge < -0.3 is 14.8 Å². The minimum atomic E-state index is 0.112. The highest BCUT2D eigenvalue weighted by Crippen LogP contribution is 2.15. The molecule has 0 atom stereocenters. The number of ether oxygens (including phenoxy) is 2. The average Bonchev–Trinajstić information content (AvgIpc) is 3.07. The Hall–Kier alpha value is -2.77. The molecule has 8 heteroatoms. The molecule has 190 valence electrons. The number of Topliss-reactive ketones (excluding diaryl/α,β-unsaturated/α-hetero) is 2. The summed E-state index contributed by atoms with van der Waals surface area (Å²) in [5.41, 5.74) is 0. The van der Waals surface area contributed by atoms with Gasteiger partial charge in [-0.2, -0.15) is 0 Å². The van der Waals surface area contributed by atoms with Crippen molar-refractivity contribution in [1.82, 2.24) is 5.32 Å². The van der Waals surface area contributed by atoms with Crippen LogP contribution in [0.25, 0.3) is 0 Å². The zero-order valence-corrected chi connectivity index (χ0v) is 20.6. The molecule has 3 aliphatic carbocycles. The number of methoxy groups -OCH3 is 2. The quantitative estimate of drug-likeness (QED) is 0.599. The molecule has 1 saturated heterocycles. The number of amides is 1. The Kier molecular flexibility index (Phi) is 15.2. The van der Waals surface area contributed by atoms with E-state index in [1.807, 2.05) is 0 Å². The van der Waals surface area contributed by atoms with Gasteiger partial charge in [-0.15, -0.1) is 0 Å². The molecule has 4 rings (SSSR count). The first-order valence-electron chi connectivity index (χ1n) is 12.2. The first-order chi connectivity index (χ1) is 16.3. The molecular weight excluding hydrogens is 438 g/mol. The lowest BCUT2D eigenvalue weighted by atomic mass is 9.98. The van der Waals surface area contributed by atoms with Crippen molar-refractivity contribution in [2.75, 3.05) is 20.8 Å². The van der Waals surface area contributed by atoms with Crippen LogP contribution in [0.1, 0.15) is 89.9 Å². The molecule has 0 aromatic rings. The number of hydrogen-bond acceptors (Lipinski definition) is 7. The highest BCUT2D eigenvalue weighted by atomic mass is 16.5. The van der Waals surface area contributed by atoms with Gasteiger partial charge in [0.2, 0.25) is 5.91 Å². The smallest absolute Gasteiger partial charge is 0.219 e. The summed E-state index contributed by atoms with van der Waals surface area (Å²) in [6.07, 6.45) is 14.7. The highest BCUT2D eigenvalue weighted by molar-refractivity contribution is 6.01. The maximum Gasteiger partial charge on any atom is 0.219 e. The minimum Gasteiger partial charge on any atom is -0.501 e. The van der Waals surface area contributed by atoms with E-state index in [2.05, 4.69) is 5.32 Å². The van der Waals surface area contributed by atoms with Crippen LogP contribution in [0.2, 0.25) is 0 Å². The second kappa shape index (κ2) is 17.7. The van der Waals surface area contributed by atoms with Gasteiger partial charge in [0.1, 0.15) is 11.6 Å². The lowest BCUT2D eigenvalue weighted by Crippen LogP contribution is -2.21. The van der Waals surface area contributed by atoms with Crippen LogP contribution in [0.15, 0.2) is 23.7 Å². The van der Waals surface area contributed by atoms with E-state index in [-0.39, 0.29) is 35.5 Å². The zero-order chi connectivity index (χ0) is 25.2. The molecule has 8 nitrogen and oxygen atoms in total. The summed E-state index contributed by atoms with van der Waals surface area (Å²) in [5.74, 6) is 2.48. The number of carbonyl (C=O) groups is 5. The van der Waals surface area contributed by atoms with Crippen molar-refractivity contribution in [2.24, 2.45) is 0 Å². The summed E-state index contributed by atoms with van der Waals surface area (Å²) in [6, 6.07) is 0. The topological polar surface area (TPSA) is 116 Å². The van der Waals surface area contributed by atoms with Crippen LogP contribution in [0.5, 0.6) is 0 Å².